The highest BCUT2D eigenvalue weighted by Gasteiger charge is 2.11. The van der Waals surface area contributed by atoms with Crippen LogP contribution in [0.1, 0.15) is 5.56 Å². The van der Waals surface area contributed by atoms with Crippen molar-refractivity contribution in [3.63, 3.8) is 0 Å². The summed E-state index contributed by atoms with van der Waals surface area (Å²) in [6.07, 6.45) is 1.59. The van der Waals surface area contributed by atoms with Gasteiger partial charge in [0, 0.05) is 22.9 Å². The summed E-state index contributed by atoms with van der Waals surface area (Å²) < 4.78 is 32.2. The molecule has 4 rings (SSSR count). The molecule has 0 radical (unpaired) electrons. The molecule has 0 bridgehead atoms. The number of halogens is 2. The Hall–Kier alpha value is -4.00. The highest BCUT2D eigenvalue weighted by Crippen LogP contribution is 2.26. The number of aryl methyl sites for hydroxylation is 1. The number of aromatic nitrogens is 1. The Balaban J connectivity index is 1.43. The first-order valence-corrected chi connectivity index (χ1v) is 9.14. The molecule has 0 aliphatic heterocycles. The lowest BCUT2D eigenvalue weighted by atomic mass is 10.1. The molecular weight excluding hydrogens is 388 g/mol. The van der Waals surface area contributed by atoms with Crippen LogP contribution in [0.3, 0.4) is 0 Å². The number of carbonyl (C=O) groups is 1. The largest absolute Gasteiger partial charge is 0.444 e. The van der Waals surface area contributed by atoms with Crippen LogP contribution in [0.25, 0.3) is 22.7 Å². The number of nitrogens with zero attached hydrogens (tertiary/aromatic N) is 1. The summed E-state index contributed by atoms with van der Waals surface area (Å²) in [6.45, 7) is 2.02. The molecule has 3 aromatic carbocycles. The van der Waals surface area contributed by atoms with Crippen LogP contribution in [0.5, 0.6) is 0 Å². The van der Waals surface area contributed by atoms with E-state index in [9.17, 15) is 13.6 Å². The molecule has 0 aliphatic carbocycles. The number of nitrogens with one attached hydrogen (secondary N) is 2. The Morgan fingerprint density at radius 1 is 0.900 bits per heavy atom. The minimum absolute atomic E-state index is 0.117. The first-order valence-electron chi connectivity index (χ1n) is 9.14. The molecule has 150 valence electrons. The number of urea groups is 1. The number of hydrogen-bond donors (Lipinski definition) is 2. The van der Waals surface area contributed by atoms with Crippen molar-refractivity contribution < 1.29 is 18.0 Å². The zero-order valence-corrected chi connectivity index (χ0v) is 15.9. The molecule has 0 spiro atoms. The number of rotatable bonds is 4. The molecule has 0 saturated heterocycles. The molecule has 0 unspecified atom stereocenters. The Labute approximate surface area is 171 Å². The zero-order chi connectivity index (χ0) is 21.1. The van der Waals surface area contributed by atoms with E-state index in [1.807, 2.05) is 31.2 Å². The minimum atomic E-state index is -0.853. The molecule has 4 aromatic rings. The first-order chi connectivity index (χ1) is 14.5. The molecule has 5 nitrogen and oxygen atoms in total. The Morgan fingerprint density at radius 2 is 1.60 bits per heavy atom. The predicted molar refractivity (Wildman–Crippen MR) is 111 cm³/mol. The van der Waals surface area contributed by atoms with Crippen molar-refractivity contribution in [1.29, 1.82) is 0 Å². The summed E-state index contributed by atoms with van der Waals surface area (Å²) in [6, 6.07) is 17.1. The van der Waals surface area contributed by atoms with Crippen molar-refractivity contribution >= 4 is 17.4 Å². The van der Waals surface area contributed by atoms with Gasteiger partial charge in [0.05, 0.1) is 5.69 Å². The molecule has 1 aromatic heterocycles. The van der Waals surface area contributed by atoms with Gasteiger partial charge in [0.1, 0.15) is 23.6 Å². The minimum Gasteiger partial charge on any atom is -0.444 e. The van der Waals surface area contributed by atoms with Crippen LogP contribution in [-0.4, -0.2) is 11.0 Å². The normalized spacial score (nSPS) is 10.6. The third kappa shape index (κ3) is 4.35. The Bertz CT molecular complexity index is 1190. The number of oxazole rings is 1. The lowest BCUT2D eigenvalue weighted by Gasteiger charge is -2.08. The third-order valence-electron chi connectivity index (χ3n) is 4.42. The second-order valence-electron chi connectivity index (χ2n) is 6.68. The fourth-order valence-electron chi connectivity index (χ4n) is 2.83. The van der Waals surface area contributed by atoms with Gasteiger partial charge in [-0.15, -0.1) is 0 Å². The van der Waals surface area contributed by atoms with E-state index in [1.54, 1.807) is 30.5 Å². The molecule has 30 heavy (non-hydrogen) atoms. The topological polar surface area (TPSA) is 67.2 Å². The third-order valence-corrected chi connectivity index (χ3v) is 4.42. The van der Waals surface area contributed by atoms with Crippen LogP contribution in [0.4, 0.5) is 25.0 Å². The van der Waals surface area contributed by atoms with Gasteiger partial charge in [-0.05, 0) is 43.3 Å². The van der Waals surface area contributed by atoms with Gasteiger partial charge in [-0.25, -0.2) is 18.6 Å². The second kappa shape index (κ2) is 8.16. The molecule has 1 heterocycles. The number of hydrogen-bond acceptors (Lipinski definition) is 3. The van der Waals surface area contributed by atoms with E-state index in [4.69, 9.17) is 4.42 Å². The van der Waals surface area contributed by atoms with Crippen LogP contribution < -0.4 is 10.6 Å². The second-order valence-corrected chi connectivity index (χ2v) is 6.68. The fourth-order valence-corrected chi connectivity index (χ4v) is 2.83. The van der Waals surface area contributed by atoms with Crippen molar-refractivity contribution in [3.8, 4) is 22.7 Å². The monoisotopic (exact) mass is 405 g/mol. The lowest BCUT2D eigenvalue weighted by molar-refractivity contribution is 0.262. The van der Waals surface area contributed by atoms with Gasteiger partial charge < -0.3 is 15.1 Å². The Morgan fingerprint density at radius 3 is 2.30 bits per heavy atom. The van der Waals surface area contributed by atoms with Gasteiger partial charge in [0.25, 0.3) is 0 Å². The molecule has 2 amide bonds. The van der Waals surface area contributed by atoms with Crippen molar-refractivity contribution in [2.75, 3.05) is 10.6 Å². The van der Waals surface area contributed by atoms with Crippen molar-refractivity contribution in [2.24, 2.45) is 0 Å². The summed E-state index contributed by atoms with van der Waals surface area (Å²) in [5.41, 5.74) is 3.96. The zero-order valence-electron chi connectivity index (χ0n) is 15.9. The lowest BCUT2D eigenvalue weighted by Crippen LogP contribution is -2.20. The van der Waals surface area contributed by atoms with Crippen LogP contribution in [0, 0.1) is 18.6 Å². The molecular formula is C23H17F2N3O2. The van der Waals surface area contributed by atoms with E-state index in [-0.39, 0.29) is 5.69 Å². The standard InChI is InChI=1S/C23H17F2N3O2/c1-14-2-4-15(5-3-14)21-13-30-22(27-21)16-6-9-18(10-7-16)26-23(29)28-20-11-8-17(24)12-19(20)25/h2-13H,1H3,(H2,26,28,29). The van der Waals surface area contributed by atoms with Gasteiger partial charge >= 0.3 is 6.03 Å². The molecule has 0 atom stereocenters. The maximum absolute atomic E-state index is 13.6. The van der Waals surface area contributed by atoms with Crippen molar-refractivity contribution in [2.45, 2.75) is 6.92 Å². The first kappa shape index (κ1) is 19.3. The number of anilines is 2. The predicted octanol–water partition coefficient (Wildman–Crippen LogP) is 6.24. The van der Waals surface area contributed by atoms with E-state index in [1.165, 1.54) is 0 Å². The summed E-state index contributed by atoms with van der Waals surface area (Å²) in [4.78, 5) is 16.5. The summed E-state index contributed by atoms with van der Waals surface area (Å²) >= 11 is 0. The van der Waals surface area contributed by atoms with E-state index < -0.39 is 17.7 Å². The highest BCUT2D eigenvalue weighted by molar-refractivity contribution is 5.99. The van der Waals surface area contributed by atoms with Gasteiger partial charge in [0.15, 0.2) is 0 Å². The van der Waals surface area contributed by atoms with Gasteiger partial charge in [0.2, 0.25) is 5.89 Å². The highest BCUT2D eigenvalue weighted by atomic mass is 19.1. The maximum Gasteiger partial charge on any atom is 0.323 e. The van der Waals surface area contributed by atoms with Crippen molar-refractivity contribution in [1.82, 2.24) is 4.98 Å². The molecule has 7 heteroatoms. The molecule has 0 saturated carbocycles. The number of carbonyl (C=O) groups excluding carboxylic acids is 1. The van der Waals surface area contributed by atoms with Crippen LogP contribution in [-0.2, 0) is 0 Å². The number of benzene rings is 3. The summed E-state index contributed by atoms with van der Waals surface area (Å²) in [5.74, 6) is -1.12. The summed E-state index contributed by atoms with van der Waals surface area (Å²) in [5, 5.41) is 4.92. The SMILES string of the molecule is Cc1ccc(-c2coc(-c3ccc(NC(=O)Nc4ccc(F)cc4F)cc3)n2)cc1. The maximum atomic E-state index is 13.6. The molecule has 0 aliphatic rings. The van der Waals surface area contributed by atoms with Gasteiger partial charge in [-0.3, -0.25) is 0 Å². The van der Waals surface area contributed by atoms with E-state index in [0.717, 1.165) is 34.5 Å². The Kier molecular flexibility index (Phi) is 5.26. The van der Waals surface area contributed by atoms with Crippen LogP contribution in [0.2, 0.25) is 0 Å². The van der Waals surface area contributed by atoms with Crippen LogP contribution >= 0.6 is 0 Å². The van der Waals surface area contributed by atoms with E-state index in [2.05, 4.69) is 15.6 Å². The molecule has 0 fully saturated rings. The quantitative estimate of drug-likeness (QED) is 0.422. The fraction of sp³-hybridized carbons (Fsp3) is 0.0435. The smallest absolute Gasteiger partial charge is 0.323 e. The van der Waals surface area contributed by atoms with E-state index in [0.29, 0.717) is 17.6 Å². The number of amides is 2. The van der Waals surface area contributed by atoms with Gasteiger partial charge in [-0.1, -0.05) is 29.8 Å². The molecule has 2 N–H and O–H groups in total. The average molecular weight is 405 g/mol. The summed E-state index contributed by atoms with van der Waals surface area (Å²) in [7, 11) is 0. The van der Waals surface area contributed by atoms with Crippen molar-refractivity contribution in [3.05, 3.63) is 90.2 Å². The van der Waals surface area contributed by atoms with E-state index >= 15 is 0 Å². The average Bonchev–Trinajstić information content (AvgIpc) is 3.21. The van der Waals surface area contributed by atoms with Crippen LogP contribution in [0.15, 0.2) is 77.4 Å². The van der Waals surface area contributed by atoms with Gasteiger partial charge in [-0.2, -0.15) is 0 Å².